The molecule has 3 rings (SSSR count). The summed E-state index contributed by atoms with van der Waals surface area (Å²) in [5, 5.41) is 9.84. The standard InChI is InChI=1S/C14H11NO2.BrH/c1-10-5-6-13(16)12(8-10)14-9-11-4-2-3-7-15(11)17-14;/h2-9H,1H3;1H. The number of aryl methyl sites for hydroxylation is 1. The quantitative estimate of drug-likeness (QED) is 0.627. The van der Waals surface area contributed by atoms with Crippen LogP contribution in [0.2, 0.25) is 0 Å². The third-order valence-electron chi connectivity index (χ3n) is 2.75. The normalized spacial score (nSPS) is 10.3. The van der Waals surface area contributed by atoms with Gasteiger partial charge in [0.1, 0.15) is 5.75 Å². The monoisotopic (exact) mass is 305 g/mol. The first-order valence-corrected chi connectivity index (χ1v) is 5.45. The maximum absolute atomic E-state index is 9.84. The molecular formula is C14H12BrNO2. The number of hydrogen-bond acceptors (Lipinski definition) is 2. The lowest BCUT2D eigenvalue weighted by Gasteiger charge is -1.99. The SMILES string of the molecule is Cc1ccc(O)c(-c2cc3cccc[n+]3o2)c1.[Br-]. The molecule has 0 unspecified atom stereocenters. The molecule has 3 nitrogen and oxygen atoms in total. The van der Waals surface area contributed by atoms with E-state index in [1.807, 2.05) is 49.5 Å². The van der Waals surface area contributed by atoms with E-state index < -0.39 is 0 Å². The van der Waals surface area contributed by atoms with Crippen LogP contribution in [0, 0.1) is 6.92 Å². The van der Waals surface area contributed by atoms with Crippen molar-refractivity contribution in [3.05, 3.63) is 54.2 Å². The fourth-order valence-electron chi connectivity index (χ4n) is 1.88. The molecule has 0 saturated carbocycles. The fraction of sp³-hybridized carbons (Fsp3) is 0.0714. The molecule has 0 spiro atoms. The minimum Gasteiger partial charge on any atom is -1.00 e. The highest BCUT2D eigenvalue weighted by molar-refractivity contribution is 5.68. The first-order chi connectivity index (χ1) is 8.24. The van der Waals surface area contributed by atoms with Gasteiger partial charge in [-0.1, -0.05) is 11.6 Å². The average molecular weight is 306 g/mol. The van der Waals surface area contributed by atoms with Crippen molar-refractivity contribution in [2.24, 2.45) is 0 Å². The Bertz CT molecular complexity index is 658. The van der Waals surface area contributed by atoms with Gasteiger partial charge in [-0.15, -0.1) is 0 Å². The van der Waals surface area contributed by atoms with Gasteiger partial charge in [0.25, 0.3) is 5.52 Å². The molecule has 0 atom stereocenters. The lowest BCUT2D eigenvalue weighted by Crippen LogP contribution is -3.00. The molecule has 0 radical (unpaired) electrons. The molecule has 0 aliphatic heterocycles. The first kappa shape index (κ1) is 12.6. The lowest BCUT2D eigenvalue weighted by atomic mass is 10.1. The Hall–Kier alpha value is -1.81. The van der Waals surface area contributed by atoms with Crippen LogP contribution in [0.25, 0.3) is 16.8 Å². The number of halogens is 1. The number of phenolic OH excluding ortho intramolecular Hbond substituents is 1. The lowest BCUT2D eigenvalue weighted by molar-refractivity contribution is -0.714. The van der Waals surface area contributed by atoms with Crippen LogP contribution in [0.3, 0.4) is 0 Å². The Morgan fingerprint density at radius 2 is 1.94 bits per heavy atom. The number of rotatable bonds is 1. The minimum atomic E-state index is 0. The molecule has 1 N–H and O–H groups in total. The van der Waals surface area contributed by atoms with Gasteiger partial charge < -0.3 is 22.1 Å². The van der Waals surface area contributed by atoms with E-state index in [1.54, 1.807) is 10.6 Å². The second-order valence-corrected chi connectivity index (χ2v) is 4.07. The average Bonchev–Trinajstić information content (AvgIpc) is 2.75. The molecule has 0 aliphatic rings. The Morgan fingerprint density at radius 3 is 2.72 bits per heavy atom. The Kier molecular flexibility index (Phi) is 3.39. The van der Waals surface area contributed by atoms with Crippen molar-refractivity contribution in [1.82, 2.24) is 0 Å². The molecule has 0 saturated heterocycles. The van der Waals surface area contributed by atoms with Crippen LogP contribution in [-0.4, -0.2) is 5.11 Å². The molecule has 0 aliphatic carbocycles. The van der Waals surface area contributed by atoms with Crippen molar-refractivity contribution in [2.45, 2.75) is 6.92 Å². The summed E-state index contributed by atoms with van der Waals surface area (Å²) in [5.41, 5.74) is 2.76. The molecule has 0 fully saturated rings. The molecule has 2 heterocycles. The summed E-state index contributed by atoms with van der Waals surface area (Å²) in [6, 6.07) is 13.2. The van der Waals surface area contributed by atoms with Crippen molar-refractivity contribution in [1.29, 1.82) is 0 Å². The Balaban J connectivity index is 0.00000120. The molecular weight excluding hydrogens is 294 g/mol. The summed E-state index contributed by atoms with van der Waals surface area (Å²) in [5.74, 6) is 0.896. The summed E-state index contributed by atoms with van der Waals surface area (Å²) < 4.78 is 7.32. The number of nitrogens with zero attached hydrogens (tertiary/aromatic N) is 1. The van der Waals surface area contributed by atoms with E-state index in [0.717, 1.165) is 11.1 Å². The molecule has 0 bridgehead atoms. The van der Waals surface area contributed by atoms with Crippen LogP contribution in [-0.2, 0) is 0 Å². The summed E-state index contributed by atoms with van der Waals surface area (Å²) in [6.07, 6.45) is 1.84. The van der Waals surface area contributed by atoms with Crippen LogP contribution in [0.15, 0.2) is 53.2 Å². The number of aromatic hydroxyl groups is 1. The van der Waals surface area contributed by atoms with Crippen molar-refractivity contribution < 1.29 is 31.2 Å². The van der Waals surface area contributed by atoms with E-state index in [9.17, 15) is 5.11 Å². The van der Waals surface area contributed by atoms with Crippen molar-refractivity contribution in [2.75, 3.05) is 0 Å². The zero-order valence-electron chi connectivity index (χ0n) is 9.80. The van der Waals surface area contributed by atoms with E-state index in [0.29, 0.717) is 11.3 Å². The topological polar surface area (TPSA) is 37.5 Å². The largest absolute Gasteiger partial charge is 1.00 e. The molecule has 1 aromatic carbocycles. The number of hydrogen-bond donors (Lipinski definition) is 1. The minimum absolute atomic E-state index is 0. The van der Waals surface area contributed by atoms with Crippen LogP contribution in [0.4, 0.5) is 0 Å². The van der Waals surface area contributed by atoms with Gasteiger partial charge in [0.2, 0.25) is 12.0 Å². The third-order valence-corrected chi connectivity index (χ3v) is 2.75. The number of fused-ring (bicyclic) bond motifs is 1. The number of benzene rings is 1. The van der Waals surface area contributed by atoms with Crippen molar-refractivity contribution in [3.8, 4) is 17.1 Å². The van der Waals surface area contributed by atoms with E-state index in [2.05, 4.69) is 0 Å². The van der Waals surface area contributed by atoms with E-state index in [1.165, 1.54) is 0 Å². The highest BCUT2D eigenvalue weighted by Crippen LogP contribution is 2.29. The molecule has 0 amide bonds. The van der Waals surface area contributed by atoms with Gasteiger partial charge in [0, 0.05) is 16.7 Å². The fourth-order valence-corrected chi connectivity index (χ4v) is 1.88. The van der Waals surface area contributed by atoms with Gasteiger partial charge in [-0.25, -0.2) is 4.52 Å². The molecule has 18 heavy (non-hydrogen) atoms. The Labute approximate surface area is 115 Å². The molecule has 3 aromatic rings. The Morgan fingerprint density at radius 1 is 1.11 bits per heavy atom. The molecule has 2 aromatic heterocycles. The maximum atomic E-state index is 9.84. The number of phenols is 1. The highest BCUT2D eigenvalue weighted by atomic mass is 79.9. The van der Waals surface area contributed by atoms with Gasteiger partial charge in [-0.05, 0) is 25.1 Å². The molecule has 92 valence electrons. The van der Waals surface area contributed by atoms with Crippen LogP contribution < -0.4 is 21.6 Å². The van der Waals surface area contributed by atoms with E-state index >= 15 is 0 Å². The predicted molar refractivity (Wildman–Crippen MR) is 63.7 cm³/mol. The summed E-state index contributed by atoms with van der Waals surface area (Å²) in [4.78, 5) is 0. The molecule has 4 heteroatoms. The zero-order chi connectivity index (χ0) is 11.8. The van der Waals surface area contributed by atoms with Crippen LogP contribution >= 0.6 is 0 Å². The summed E-state index contributed by atoms with van der Waals surface area (Å²) in [7, 11) is 0. The second-order valence-electron chi connectivity index (χ2n) is 4.07. The van der Waals surface area contributed by atoms with Crippen molar-refractivity contribution >= 4 is 5.52 Å². The van der Waals surface area contributed by atoms with Gasteiger partial charge in [-0.2, -0.15) is 0 Å². The van der Waals surface area contributed by atoms with E-state index in [-0.39, 0.29) is 22.7 Å². The maximum Gasteiger partial charge on any atom is 0.262 e. The smallest absolute Gasteiger partial charge is 0.262 e. The van der Waals surface area contributed by atoms with Crippen LogP contribution in [0.1, 0.15) is 5.56 Å². The first-order valence-electron chi connectivity index (χ1n) is 5.45. The highest BCUT2D eigenvalue weighted by Gasteiger charge is 2.15. The van der Waals surface area contributed by atoms with Gasteiger partial charge in [0.15, 0.2) is 0 Å². The van der Waals surface area contributed by atoms with Crippen LogP contribution in [0.5, 0.6) is 5.75 Å². The van der Waals surface area contributed by atoms with E-state index in [4.69, 9.17) is 4.52 Å². The number of aromatic nitrogens is 1. The third kappa shape index (κ3) is 2.11. The van der Waals surface area contributed by atoms with Gasteiger partial charge in [-0.3, -0.25) is 0 Å². The summed E-state index contributed by atoms with van der Waals surface area (Å²) >= 11 is 0. The second kappa shape index (κ2) is 4.82. The number of pyridine rings is 1. The zero-order valence-corrected chi connectivity index (χ0v) is 11.4. The predicted octanol–water partition coefficient (Wildman–Crippen LogP) is -0.297. The van der Waals surface area contributed by atoms with Gasteiger partial charge in [0.05, 0.1) is 11.6 Å². The van der Waals surface area contributed by atoms with Gasteiger partial charge >= 0.3 is 0 Å². The summed E-state index contributed by atoms with van der Waals surface area (Å²) in [6.45, 7) is 1.98. The van der Waals surface area contributed by atoms with Crippen molar-refractivity contribution in [3.63, 3.8) is 0 Å².